The van der Waals surface area contributed by atoms with Gasteiger partial charge in [0.1, 0.15) is 11.8 Å². The van der Waals surface area contributed by atoms with Crippen LogP contribution in [0.2, 0.25) is 0 Å². The van der Waals surface area contributed by atoms with E-state index in [4.69, 9.17) is 4.74 Å². The highest BCUT2D eigenvalue weighted by atomic mass is 16.5. The Morgan fingerprint density at radius 3 is 2.41 bits per heavy atom. The van der Waals surface area contributed by atoms with Gasteiger partial charge in [0.15, 0.2) is 0 Å². The van der Waals surface area contributed by atoms with E-state index < -0.39 is 12.1 Å². The molecule has 7 heteroatoms. The molecule has 2 aromatic rings. The fourth-order valence-electron chi connectivity index (χ4n) is 3.44. The van der Waals surface area contributed by atoms with Gasteiger partial charge in [0, 0.05) is 11.7 Å². The number of hydrogen-bond donors (Lipinski definition) is 1. The number of methoxy groups -OCH3 is 1. The van der Waals surface area contributed by atoms with E-state index in [2.05, 4.69) is 5.32 Å². The van der Waals surface area contributed by atoms with Crippen molar-refractivity contribution >= 4 is 29.2 Å². The van der Waals surface area contributed by atoms with Crippen LogP contribution in [0.4, 0.5) is 16.2 Å². The van der Waals surface area contributed by atoms with Gasteiger partial charge < -0.3 is 15.0 Å². The van der Waals surface area contributed by atoms with E-state index in [1.807, 2.05) is 26.8 Å². The molecule has 0 radical (unpaired) electrons. The van der Waals surface area contributed by atoms with Crippen molar-refractivity contribution in [2.24, 2.45) is 0 Å². The Labute approximate surface area is 170 Å². The minimum atomic E-state index is -0.846. The van der Waals surface area contributed by atoms with Crippen LogP contribution < -0.4 is 15.0 Å². The van der Waals surface area contributed by atoms with Crippen molar-refractivity contribution in [3.05, 3.63) is 54.1 Å². The van der Waals surface area contributed by atoms with Crippen molar-refractivity contribution in [3.8, 4) is 5.75 Å². The van der Waals surface area contributed by atoms with Crippen LogP contribution in [-0.2, 0) is 9.59 Å². The number of nitrogens with zero attached hydrogens (tertiary/aromatic N) is 2. The van der Waals surface area contributed by atoms with Crippen LogP contribution in [0.3, 0.4) is 0 Å². The van der Waals surface area contributed by atoms with Crippen molar-refractivity contribution in [2.45, 2.75) is 39.3 Å². The largest absolute Gasteiger partial charge is 0.497 e. The third kappa shape index (κ3) is 4.23. The van der Waals surface area contributed by atoms with Gasteiger partial charge in [-0.15, -0.1) is 0 Å². The number of benzene rings is 2. The molecule has 0 saturated carbocycles. The van der Waals surface area contributed by atoms with Gasteiger partial charge in [0.25, 0.3) is 5.91 Å². The van der Waals surface area contributed by atoms with Crippen LogP contribution in [0, 0.1) is 6.92 Å². The summed E-state index contributed by atoms with van der Waals surface area (Å²) in [6.45, 7) is 5.56. The number of aryl methyl sites for hydroxylation is 1. The summed E-state index contributed by atoms with van der Waals surface area (Å²) in [6.07, 6.45) is -0.114. The highest BCUT2D eigenvalue weighted by Gasteiger charge is 2.47. The SMILES string of the molecule is COc1ccc(NC(=O)CC2C(=O)N(c3cccc(C)c3)C(=O)N2C(C)C)cc1. The summed E-state index contributed by atoms with van der Waals surface area (Å²) >= 11 is 0. The zero-order chi connectivity index (χ0) is 21.1. The minimum absolute atomic E-state index is 0.114. The molecule has 1 aliphatic rings. The van der Waals surface area contributed by atoms with E-state index in [1.165, 1.54) is 9.80 Å². The van der Waals surface area contributed by atoms with E-state index in [-0.39, 0.29) is 24.3 Å². The molecule has 0 spiro atoms. The number of hydrogen-bond acceptors (Lipinski definition) is 4. The van der Waals surface area contributed by atoms with Crippen LogP contribution in [0.15, 0.2) is 48.5 Å². The maximum atomic E-state index is 13.1. The van der Waals surface area contributed by atoms with Gasteiger partial charge in [-0.05, 0) is 62.7 Å². The summed E-state index contributed by atoms with van der Waals surface area (Å²) in [6, 6.07) is 12.6. The fourth-order valence-corrected chi connectivity index (χ4v) is 3.44. The molecule has 0 bridgehead atoms. The number of anilines is 2. The summed E-state index contributed by atoms with van der Waals surface area (Å²) in [5, 5.41) is 2.78. The molecular formula is C22H25N3O4. The molecule has 1 atom stereocenters. The maximum Gasteiger partial charge on any atom is 0.332 e. The molecule has 1 unspecified atom stereocenters. The highest BCUT2D eigenvalue weighted by Crippen LogP contribution is 2.29. The Kier molecular flexibility index (Phi) is 5.87. The van der Waals surface area contributed by atoms with Gasteiger partial charge in [0.05, 0.1) is 19.2 Å². The van der Waals surface area contributed by atoms with Crippen LogP contribution in [0.25, 0.3) is 0 Å². The van der Waals surface area contributed by atoms with Crippen LogP contribution in [-0.4, -0.2) is 41.9 Å². The Balaban J connectivity index is 1.79. The quantitative estimate of drug-likeness (QED) is 0.759. The molecule has 152 valence electrons. The number of carbonyl (C=O) groups excluding carboxylic acids is 3. The lowest BCUT2D eigenvalue weighted by atomic mass is 10.1. The van der Waals surface area contributed by atoms with E-state index in [1.54, 1.807) is 49.6 Å². The number of imide groups is 1. The smallest absolute Gasteiger partial charge is 0.332 e. The van der Waals surface area contributed by atoms with Crippen molar-refractivity contribution in [3.63, 3.8) is 0 Å². The third-order valence-electron chi connectivity index (χ3n) is 4.82. The number of amides is 4. The lowest BCUT2D eigenvalue weighted by Crippen LogP contribution is -2.42. The minimum Gasteiger partial charge on any atom is -0.497 e. The Bertz CT molecular complexity index is 924. The van der Waals surface area contributed by atoms with Gasteiger partial charge in [-0.1, -0.05) is 12.1 Å². The second-order valence-corrected chi connectivity index (χ2v) is 7.29. The van der Waals surface area contributed by atoms with Gasteiger partial charge in [0.2, 0.25) is 5.91 Å². The van der Waals surface area contributed by atoms with Crippen molar-refractivity contribution in [1.82, 2.24) is 4.90 Å². The predicted octanol–water partition coefficient (Wildman–Crippen LogP) is 3.58. The third-order valence-corrected chi connectivity index (χ3v) is 4.82. The van der Waals surface area contributed by atoms with Crippen LogP contribution >= 0.6 is 0 Å². The summed E-state index contributed by atoms with van der Waals surface area (Å²) in [4.78, 5) is 41.3. The number of ether oxygens (including phenoxy) is 1. The first kappa shape index (κ1) is 20.4. The molecule has 3 rings (SSSR count). The zero-order valence-corrected chi connectivity index (χ0v) is 17.0. The van der Waals surface area contributed by atoms with E-state index in [0.717, 1.165) is 5.56 Å². The first-order valence-electron chi connectivity index (χ1n) is 9.48. The van der Waals surface area contributed by atoms with Gasteiger partial charge in [-0.3, -0.25) is 9.59 Å². The molecule has 0 aliphatic carbocycles. The first-order valence-corrected chi connectivity index (χ1v) is 9.48. The van der Waals surface area contributed by atoms with Gasteiger partial charge >= 0.3 is 6.03 Å². The van der Waals surface area contributed by atoms with Crippen molar-refractivity contribution < 1.29 is 19.1 Å². The lowest BCUT2D eigenvalue weighted by molar-refractivity contribution is -0.124. The fraction of sp³-hybridized carbons (Fsp3) is 0.318. The Hall–Kier alpha value is -3.35. The summed E-state index contributed by atoms with van der Waals surface area (Å²) < 4.78 is 5.10. The molecule has 1 fully saturated rings. The number of rotatable bonds is 6. The van der Waals surface area contributed by atoms with Crippen molar-refractivity contribution in [1.29, 1.82) is 0 Å². The molecule has 29 heavy (non-hydrogen) atoms. The van der Waals surface area contributed by atoms with Gasteiger partial charge in [-0.2, -0.15) is 0 Å². The highest BCUT2D eigenvalue weighted by molar-refractivity contribution is 6.22. The number of carbonyl (C=O) groups is 3. The molecule has 1 aliphatic heterocycles. The lowest BCUT2D eigenvalue weighted by Gasteiger charge is -2.25. The summed E-state index contributed by atoms with van der Waals surface area (Å²) in [5.41, 5.74) is 2.06. The maximum absolute atomic E-state index is 13.1. The van der Waals surface area contributed by atoms with Gasteiger partial charge in [-0.25, -0.2) is 9.69 Å². The normalized spacial score (nSPS) is 16.5. The number of urea groups is 1. The van der Waals surface area contributed by atoms with E-state index in [0.29, 0.717) is 17.1 Å². The average Bonchev–Trinajstić information content (AvgIpc) is 2.92. The molecule has 1 heterocycles. The zero-order valence-electron chi connectivity index (χ0n) is 17.0. The predicted molar refractivity (Wildman–Crippen MR) is 111 cm³/mol. The Morgan fingerprint density at radius 2 is 1.83 bits per heavy atom. The molecular weight excluding hydrogens is 370 g/mol. The second kappa shape index (κ2) is 8.34. The number of nitrogens with one attached hydrogen (secondary N) is 1. The second-order valence-electron chi connectivity index (χ2n) is 7.29. The summed E-state index contributed by atoms with van der Waals surface area (Å²) in [5.74, 6) is -0.0448. The van der Waals surface area contributed by atoms with Crippen LogP contribution in [0.1, 0.15) is 25.8 Å². The van der Waals surface area contributed by atoms with E-state index in [9.17, 15) is 14.4 Å². The standard InChI is InChI=1S/C22H25N3O4/c1-14(2)24-19(13-20(26)23-16-8-10-18(29-4)11-9-16)21(27)25(22(24)28)17-7-5-6-15(3)12-17/h5-12,14,19H,13H2,1-4H3,(H,23,26). The van der Waals surface area contributed by atoms with Crippen molar-refractivity contribution in [2.75, 3.05) is 17.3 Å². The molecule has 7 nitrogen and oxygen atoms in total. The average molecular weight is 395 g/mol. The van der Waals surface area contributed by atoms with E-state index >= 15 is 0 Å². The molecule has 1 N–H and O–H groups in total. The molecule has 2 aromatic carbocycles. The summed E-state index contributed by atoms with van der Waals surface area (Å²) in [7, 11) is 1.57. The monoisotopic (exact) mass is 395 g/mol. The molecule has 4 amide bonds. The molecule has 1 saturated heterocycles. The molecule has 0 aromatic heterocycles. The topological polar surface area (TPSA) is 79.0 Å². The Morgan fingerprint density at radius 1 is 1.14 bits per heavy atom. The first-order chi connectivity index (χ1) is 13.8. The van der Waals surface area contributed by atoms with Crippen LogP contribution in [0.5, 0.6) is 5.75 Å².